The molecule has 2 atom stereocenters. The first-order valence-corrected chi connectivity index (χ1v) is 11.2. The van der Waals surface area contributed by atoms with E-state index in [0.29, 0.717) is 31.3 Å². The zero-order valence-electron chi connectivity index (χ0n) is 18.9. The molecule has 1 heterocycles. The van der Waals surface area contributed by atoms with E-state index in [2.05, 4.69) is 10.6 Å². The quantitative estimate of drug-likeness (QED) is 0.568. The van der Waals surface area contributed by atoms with Crippen molar-refractivity contribution >= 4 is 36.8 Å². The smallest absolute Gasteiger partial charge is 0.408 e. The number of hydrogen-bond donors (Lipinski definition) is 3. The van der Waals surface area contributed by atoms with Gasteiger partial charge >= 0.3 is 12.1 Å². The first-order chi connectivity index (χ1) is 15.2. The summed E-state index contributed by atoms with van der Waals surface area (Å²) < 4.78 is 19.3. The van der Waals surface area contributed by atoms with Crippen molar-refractivity contribution in [3.8, 4) is 0 Å². The summed E-state index contributed by atoms with van der Waals surface area (Å²) in [5, 5.41) is 14.6. The monoisotopic (exact) mass is 452 g/mol. The van der Waals surface area contributed by atoms with Crippen LogP contribution in [0.5, 0.6) is 0 Å². The zero-order chi connectivity index (χ0) is 22.5. The average molecular weight is 452 g/mol. The predicted octanol–water partition coefficient (Wildman–Crippen LogP) is 1.78. The van der Waals surface area contributed by atoms with Gasteiger partial charge in [-0.05, 0) is 67.2 Å². The first-order valence-electron chi connectivity index (χ1n) is 11.2. The second kappa shape index (κ2) is 8.93. The molecule has 1 aromatic carbocycles. The minimum atomic E-state index is -1.11. The van der Waals surface area contributed by atoms with Crippen LogP contribution in [-0.2, 0) is 27.4 Å². The molecule has 173 valence electrons. The Morgan fingerprint density at radius 3 is 2.48 bits per heavy atom. The molecule has 0 saturated heterocycles. The van der Waals surface area contributed by atoms with Gasteiger partial charge in [-0.25, -0.2) is 9.18 Å². The van der Waals surface area contributed by atoms with Gasteiger partial charge in [0.25, 0.3) is 0 Å². The van der Waals surface area contributed by atoms with Gasteiger partial charge in [-0.2, -0.15) is 0 Å². The maximum absolute atomic E-state index is 13.5. The minimum Gasteiger partial charge on any atom is -0.480 e. The number of carbonyl (C=O) groups is 3. The third-order valence-corrected chi connectivity index (χ3v) is 7.56. The van der Waals surface area contributed by atoms with Gasteiger partial charge in [-0.3, -0.25) is 9.59 Å². The number of fused-ring (bicyclic) bond motifs is 1. The number of carboxylic acid groups (broad SMARTS) is 1. The molecule has 3 N–H and O–H groups in total. The van der Waals surface area contributed by atoms with E-state index in [1.165, 1.54) is 12.1 Å². The summed E-state index contributed by atoms with van der Waals surface area (Å²) in [4.78, 5) is 37.6. The molecule has 33 heavy (non-hydrogen) atoms. The van der Waals surface area contributed by atoms with Crippen LogP contribution in [0.4, 0.5) is 9.18 Å². The van der Waals surface area contributed by atoms with Crippen LogP contribution >= 0.6 is 0 Å². The molecule has 1 radical (unpaired) electrons. The molecule has 2 amide bonds. The molecule has 10 heteroatoms. The third-order valence-electron chi connectivity index (χ3n) is 7.56. The van der Waals surface area contributed by atoms with Gasteiger partial charge in [0.05, 0.1) is 6.54 Å². The first kappa shape index (κ1) is 24.1. The van der Waals surface area contributed by atoms with E-state index in [1.54, 1.807) is 11.0 Å². The maximum atomic E-state index is 13.5. The normalized spacial score (nSPS) is 31.0. The van der Waals surface area contributed by atoms with Crippen LogP contribution in [0.3, 0.4) is 0 Å². The standard InChI is InChI=1S/C23H28FN3O5.Li/c24-18-2-1-16-11-27(12-17(16)4-18)19(28)9-26-22-5-14-3-15(6-22)8-23(7-14,13-22)32-21(31)25-10-20(29)30;/h1-2,4,14-15,26H,3,5-13H2,(H,25,31)(H,29,30);. The molecular formula is C23H28FLiN3O5. The molecule has 2 unspecified atom stereocenters. The van der Waals surface area contributed by atoms with Crippen molar-refractivity contribution < 1.29 is 28.6 Å². The molecule has 4 saturated carbocycles. The van der Waals surface area contributed by atoms with Gasteiger partial charge in [0.2, 0.25) is 5.91 Å². The summed E-state index contributed by atoms with van der Waals surface area (Å²) >= 11 is 0. The molecule has 4 fully saturated rings. The Bertz CT molecular complexity index is 959. The molecule has 0 spiro atoms. The number of alkyl carbamates (subject to hydrolysis) is 1. The predicted molar refractivity (Wildman–Crippen MR) is 117 cm³/mol. The van der Waals surface area contributed by atoms with Crippen LogP contribution in [0, 0.1) is 17.7 Å². The Hall–Kier alpha value is -2.08. The van der Waals surface area contributed by atoms with E-state index >= 15 is 0 Å². The molecule has 4 aliphatic carbocycles. The van der Waals surface area contributed by atoms with Crippen LogP contribution in [0.25, 0.3) is 0 Å². The number of aliphatic carboxylic acids is 1. The van der Waals surface area contributed by atoms with Gasteiger partial charge in [0.15, 0.2) is 0 Å². The van der Waals surface area contributed by atoms with E-state index in [0.717, 1.165) is 43.2 Å². The second-order valence-electron chi connectivity index (χ2n) is 10.1. The topological polar surface area (TPSA) is 108 Å². The van der Waals surface area contributed by atoms with Crippen LogP contribution < -0.4 is 10.6 Å². The van der Waals surface area contributed by atoms with Gasteiger partial charge in [-0.15, -0.1) is 0 Å². The maximum Gasteiger partial charge on any atom is 0.408 e. The molecule has 1 aliphatic heterocycles. The van der Waals surface area contributed by atoms with Crippen molar-refractivity contribution in [3.63, 3.8) is 0 Å². The summed E-state index contributed by atoms with van der Waals surface area (Å²) in [7, 11) is 0. The molecule has 6 rings (SSSR count). The van der Waals surface area contributed by atoms with Gasteiger partial charge in [0, 0.05) is 43.9 Å². The number of carboxylic acids is 1. The Morgan fingerprint density at radius 1 is 1.09 bits per heavy atom. The summed E-state index contributed by atoms with van der Waals surface area (Å²) in [5.74, 6) is -0.583. The second-order valence-corrected chi connectivity index (χ2v) is 10.1. The van der Waals surface area contributed by atoms with Crippen molar-refractivity contribution in [3.05, 3.63) is 35.1 Å². The molecular weight excluding hydrogens is 424 g/mol. The molecule has 8 nitrogen and oxygen atoms in total. The fourth-order valence-electron chi connectivity index (χ4n) is 6.80. The largest absolute Gasteiger partial charge is 0.480 e. The van der Waals surface area contributed by atoms with Crippen molar-refractivity contribution in [1.82, 2.24) is 15.5 Å². The Labute approximate surface area is 203 Å². The van der Waals surface area contributed by atoms with Gasteiger partial charge in [-0.1, -0.05) is 6.07 Å². The fourth-order valence-corrected chi connectivity index (χ4v) is 6.80. The van der Waals surface area contributed by atoms with E-state index in [9.17, 15) is 18.8 Å². The number of halogens is 1. The number of nitrogens with zero attached hydrogens (tertiary/aromatic N) is 1. The van der Waals surface area contributed by atoms with Crippen molar-refractivity contribution in [2.75, 3.05) is 13.1 Å². The molecule has 4 bridgehead atoms. The number of ether oxygens (including phenoxy) is 1. The summed E-state index contributed by atoms with van der Waals surface area (Å²) in [6.45, 7) is 0.632. The van der Waals surface area contributed by atoms with Gasteiger partial charge in [0.1, 0.15) is 18.0 Å². The van der Waals surface area contributed by atoms with Crippen LogP contribution in [0.15, 0.2) is 18.2 Å². The number of benzene rings is 1. The van der Waals surface area contributed by atoms with Crippen LogP contribution in [-0.4, -0.2) is 71.1 Å². The Balaban J connectivity index is 0.00000259. The number of hydrogen-bond acceptors (Lipinski definition) is 5. The Kier molecular flexibility index (Phi) is 6.51. The fraction of sp³-hybridized carbons (Fsp3) is 0.609. The molecule has 0 aromatic heterocycles. The molecule has 5 aliphatic rings. The van der Waals surface area contributed by atoms with Crippen LogP contribution in [0.1, 0.15) is 49.7 Å². The summed E-state index contributed by atoms with van der Waals surface area (Å²) in [5.41, 5.74) is 0.970. The van der Waals surface area contributed by atoms with Gasteiger partial charge < -0.3 is 25.4 Å². The van der Waals surface area contributed by atoms with E-state index in [4.69, 9.17) is 9.84 Å². The number of nitrogens with one attached hydrogen (secondary N) is 2. The minimum absolute atomic E-state index is 0. The van der Waals surface area contributed by atoms with E-state index in [1.807, 2.05) is 0 Å². The number of amides is 2. The summed E-state index contributed by atoms with van der Waals surface area (Å²) in [6.07, 6.45) is 4.51. The van der Waals surface area contributed by atoms with Crippen molar-refractivity contribution in [2.45, 2.75) is 62.8 Å². The average Bonchev–Trinajstić information content (AvgIpc) is 3.12. The van der Waals surface area contributed by atoms with E-state index < -0.39 is 24.2 Å². The molecule has 1 aromatic rings. The van der Waals surface area contributed by atoms with Crippen molar-refractivity contribution in [2.24, 2.45) is 11.8 Å². The zero-order valence-corrected chi connectivity index (χ0v) is 18.9. The SMILES string of the molecule is O=C(O)CNC(=O)OC12CC3CC(CC(NCC(=O)N4Cc5ccc(F)cc5C4)(C3)C1)C2.[Li]. The van der Waals surface area contributed by atoms with E-state index in [-0.39, 0.29) is 42.7 Å². The Morgan fingerprint density at radius 2 is 1.79 bits per heavy atom. The number of carbonyl (C=O) groups excluding carboxylic acids is 2. The number of rotatable bonds is 6. The summed E-state index contributed by atoms with van der Waals surface area (Å²) in [6, 6.07) is 4.65. The third kappa shape index (κ3) is 4.91. The van der Waals surface area contributed by atoms with Crippen LogP contribution in [0.2, 0.25) is 0 Å². The van der Waals surface area contributed by atoms with Crippen molar-refractivity contribution in [1.29, 1.82) is 0 Å².